The van der Waals surface area contributed by atoms with Crippen LogP contribution in [-0.4, -0.2) is 89.3 Å². The van der Waals surface area contributed by atoms with Gasteiger partial charge in [0.2, 0.25) is 0 Å². The lowest BCUT2D eigenvalue weighted by Gasteiger charge is -2.26. The molecule has 0 aliphatic carbocycles. The van der Waals surface area contributed by atoms with Crippen LogP contribution in [-0.2, 0) is 0 Å². The smallest absolute Gasteiger partial charge is 0.161 e. The van der Waals surface area contributed by atoms with Crippen molar-refractivity contribution in [1.29, 1.82) is 0 Å². The summed E-state index contributed by atoms with van der Waals surface area (Å²) in [5.41, 5.74) is 0. The van der Waals surface area contributed by atoms with Crippen LogP contribution in [0.2, 0.25) is 0 Å². The Morgan fingerprint density at radius 2 is 0.812 bits per heavy atom. The van der Waals surface area contributed by atoms with Crippen molar-refractivity contribution in [3.63, 3.8) is 0 Å². The fourth-order valence-electron chi connectivity index (χ4n) is 5.16. The first-order valence-corrected chi connectivity index (χ1v) is 19.2. The largest absolute Gasteiger partial charge is 0.486 e. The van der Waals surface area contributed by atoms with E-state index in [0.717, 1.165) is 75.4 Å². The van der Waals surface area contributed by atoms with Crippen molar-refractivity contribution >= 4 is 71.2 Å². The number of hydrogen-bond acceptors (Lipinski definition) is 10. The third-order valence-electron chi connectivity index (χ3n) is 7.60. The number of benzene rings is 2. The van der Waals surface area contributed by atoms with Gasteiger partial charge in [-0.1, -0.05) is 71.5 Å². The summed E-state index contributed by atoms with van der Waals surface area (Å²) in [6.07, 6.45) is 10.3. The second-order valence-electron chi connectivity index (χ2n) is 11.4. The van der Waals surface area contributed by atoms with Crippen LogP contribution in [0.25, 0.3) is 0 Å². The molecular formula is C34H58Cl4N4O4S2. The molecule has 0 amide bonds. The van der Waals surface area contributed by atoms with Gasteiger partial charge in [0, 0.05) is 37.7 Å². The number of halogens is 4. The predicted molar refractivity (Wildman–Crippen MR) is 215 cm³/mol. The van der Waals surface area contributed by atoms with Gasteiger partial charge in [-0.25, -0.2) is 0 Å². The monoisotopic (exact) mass is 790 g/mol. The van der Waals surface area contributed by atoms with Crippen LogP contribution < -0.4 is 40.2 Å². The lowest BCUT2D eigenvalue weighted by atomic mass is 10.2. The highest BCUT2D eigenvalue weighted by atomic mass is 35.5. The zero-order chi connectivity index (χ0) is 30.3. The third-order valence-corrected chi connectivity index (χ3v) is 10.0. The van der Waals surface area contributed by atoms with Crippen LogP contribution in [0.15, 0.2) is 48.5 Å². The Hall–Kier alpha value is -0.660. The third kappa shape index (κ3) is 20.3. The Kier molecular flexibility index (Phi) is 30.7. The molecule has 0 saturated heterocycles. The van der Waals surface area contributed by atoms with E-state index in [1.807, 2.05) is 70.1 Å². The SMILES string of the molecule is Cl.Cl.Cl.Cl.c1ccc2c(c1)OC[C@@H](CNCCCCCCNCCSSCCNCCCCCCNC[C@@H]1COc3ccccc3O1)O2. The Balaban J connectivity index is 0.00000552. The standard InChI is InChI=1S/C34H54N4O4S2.4ClH/c1(3-11-19-37-25-29-27-39-31-13-5-7-15-33(31)41-29)9-17-35-21-23-43-44-24-22-36-18-10-2-4-12-20-38-26-30-28-40-32-14-6-8-16-34(32)42-30;;;;/h5-8,13-16,29-30,35-38H,1-4,9-12,17-28H2;4*1H/t29-,30-;;;;/m1..../s1. The molecule has 0 unspecified atom stereocenters. The highest BCUT2D eigenvalue weighted by Crippen LogP contribution is 2.31. The zero-order valence-corrected chi connectivity index (χ0v) is 32.9. The molecule has 2 atom stereocenters. The van der Waals surface area contributed by atoms with Gasteiger partial charge in [0.15, 0.2) is 23.0 Å². The summed E-state index contributed by atoms with van der Waals surface area (Å²) in [6, 6.07) is 15.8. The van der Waals surface area contributed by atoms with Crippen LogP contribution in [0, 0.1) is 0 Å². The lowest BCUT2D eigenvalue weighted by Crippen LogP contribution is -2.38. The number of unbranched alkanes of at least 4 members (excludes halogenated alkanes) is 6. The molecule has 278 valence electrons. The Bertz CT molecular complexity index is 961. The lowest BCUT2D eigenvalue weighted by molar-refractivity contribution is 0.0905. The van der Waals surface area contributed by atoms with Crippen molar-refractivity contribution in [3.8, 4) is 23.0 Å². The quantitative estimate of drug-likeness (QED) is 0.0612. The van der Waals surface area contributed by atoms with Gasteiger partial charge >= 0.3 is 0 Å². The number of fused-ring (bicyclic) bond motifs is 2. The number of nitrogens with one attached hydrogen (secondary N) is 4. The average Bonchev–Trinajstić information content (AvgIpc) is 3.06. The van der Waals surface area contributed by atoms with Gasteiger partial charge in [0.25, 0.3) is 0 Å². The maximum absolute atomic E-state index is 5.99. The molecule has 8 nitrogen and oxygen atoms in total. The van der Waals surface area contributed by atoms with E-state index in [-0.39, 0.29) is 61.8 Å². The van der Waals surface area contributed by atoms with Gasteiger partial charge in [-0.3, -0.25) is 0 Å². The van der Waals surface area contributed by atoms with Crippen LogP contribution in [0.5, 0.6) is 23.0 Å². The minimum Gasteiger partial charge on any atom is -0.486 e. The minimum absolute atomic E-state index is 0. The van der Waals surface area contributed by atoms with Crippen molar-refractivity contribution in [2.24, 2.45) is 0 Å². The van der Waals surface area contributed by atoms with E-state index in [9.17, 15) is 0 Å². The number of ether oxygens (including phenoxy) is 4. The summed E-state index contributed by atoms with van der Waals surface area (Å²) in [6.45, 7) is 9.45. The van der Waals surface area contributed by atoms with E-state index >= 15 is 0 Å². The average molecular weight is 793 g/mol. The second kappa shape index (κ2) is 31.1. The molecule has 4 N–H and O–H groups in total. The van der Waals surface area contributed by atoms with Crippen molar-refractivity contribution in [2.45, 2.75) is 63.6 Å². The molecule has 0 fully saturated rings. The van der Waals surface area contributed by atoms with Crippen molar-refractivity contribution in [2.75, 3.05) is 77.1 Å². The molecule has 0 bridgehead atoms. The normalized spacial score (nSPS) is 15.7. The Morgan fingerprint density at radius 1 is 0.458 bits per heavy atom. The van der Waals surface area contributed by atoms with Gasteiger partial charge in [0.1, 0.15) is 25.4 Å². The summed E-state index contributed by atoms with van der Waals surface area (Å²) in [7, 11) is 3.98. The topological polar surface area (TPSA) is 85.0 Å². The molecule has 2 heterocycles. The van der Waals surface area contributed by atoms with Crippen LogP contribution in [0.1, 0.15) is 51.4 Å². The van der Waals surface area contributed by atoms with Crippen LogP contribution in [0.4, 0.5) is 0 Å². The van der Waals surface area contributed by atoms with Crippen molar-refractivity contribution in [1.82, 2.24) is 21.3 Å². The zero-order valence-electron chi connectivity index (χ0n) is 28.0. The summed E-state index contributed by atoms with van der Waals surface area (Å²) in [4.78, 5) is 0. The molecule has 2 aromatic rings. The molecule has 0 saturated carbocycles. The molecule has 48 heavy (non-hydrogen) atoms. The van der Waals surface area contributed by atoms with E-state index in [0.29, 0.717) is 13.2 Å². The summed E-state index contributed by atoms with van der Waals surface area (Å²) >= 11 is 0. The summed E-state index contributed by atoms with van der Waals surface area (Å²) in [5.74, 6) is 5.76. The predicted octanol–water partition coefficient (Wildman–Crippen LogP) is 7.21. The second-order valence-corrected chi connectivity index (χ2v) is 14.1. The van der Waals surface area contributed by atoms with Crippen molar-refractivity contribution < 1.29 is 18.9 Å². The number of para-hydroxylation sites is 4. The fraction of sp³-hybridized carbons (Fsp3) is 0.647. The van der Waals surface area contributed by atoms with E-state index in [1.165, 1.54) is 62.9 Å². The van der Waals surface area contributed by atoms with Gasteiger partial charge in [-0.2, -0.15) is 0 Å². The molecule has 2 aromatic carbocycles. The first-order valence-electron chi connectivity index (χ1n) is 16.7. The van der Waals surface area contributed by atoms with Gasteiger partial charge in [-0.15, -0.1) is 49.6 Å². The molecule has 0 radical (unpaired) electrons. The summed E-state index contributed by atoms with van der Waals surface area (Å²) in [5, 5.41) is 14.2. The molecule has 2 aliphatic rings. The fourth-order valence-corrected chi connectivity index (χ4v) is 7.05. The maximum atomic E-state index is 5.99. The Labute approximate surface area is 321 Å². The van der Waals surface area contributed by atoms with E-state index in [4.69, 9.17) is 18.9 Å². The van der Waals surface area contributed by atoms with Gasteiger partial charge < -0.3 is 40.2 Å². The molecular weight excluding hydrogens is 734 g/mol. The van der Waals surface area contributed by atoms with E-state index < -0.39 is 0 Å². The van der Waals surface area contributed by atoms with Gasteiger partial charge in [0.05, 0.1) is 0 Å². The van der Waals surface area contributed by atoms with E-state index in [2.05, 4.69) is 21.3 Å². The highest BCUT2D eigenvalue weighted by Gasteiger charge is 2.20. The first-order chi connectivity index (χ1) is 21.9. The van der Waals surface area contributed by atoms with E-state index in [1.54, 1.807) is 0 Å². The molecule has 0 aromatic heterocycles. The minimum atomic E-state index is 0. The Morgan fingerprint density at radius 3 is 1.21 bits per heavy atom. The molecule has 14 heteroatoms. The summed E-state index contributed by atoms with van der Waals surface area (Å²) < 4.78 is 23.5. The maximum Gasteiger partial charge on any atom is 0.161 e. The number of hydrogen-bond donors (Lipinski definition) is 4. The molecule has 0 spiro atoms. The van der Waals surface area contributed by atoms with Crippen LogP contribution in [0.3, 0.4) is 0 Å². The highest BCUT2D eigenvalue weighted by molar-refractivity contribution is 8.76. The number of rotatable bonds is 25. The molecule has 2 aliphatic heterocycles. The first kappa shape index (κ1) is 47.3. The van der Waals surface area contributed by atoms with Crippen LogP contribution >= 0.6 is 71.2 Å². The van der Waals surface area contributed by atoms with Gasteiger partial charge in [-0.05, 0) is 76.1 Å². The van der Waals surface area contributed by atoms with Crippen molar-refractivity contribution in [3.05, 3.63) is 48.5 Å². The molecule has 4 rings (SSSR count).